The fourth-order valence-corrected chi connectivity index (χ4v) is 3.01. The highest BCUT2D eigenvalue weighted by molar-refractivity contribution is 6.08. The highest BCUT2D eigenvalue weighted by atomic mass is 16.6. The molecule has 0 bridgehead atoms. The first-order valence-electron chi connectivity index (χ1n) is 9.25. The predicted octanol–water partition coefficient (Wildman–Crippen LogP) is 4.48. The van der Waals surface area contributed by atoms with Crippen molar-refractivity contribution in [3.05, 3.63) is 83.6 Å². The number of carbonyl (C=O) groups excluding carboxylic acids is 1. The van der Waals surface area contributed by atoms with Gasteiger partial charge in [0.05, 0.1) is 12.7 Å². The Balaban J connectivity index is 1.51. The molecule has 1 aliphatic rings. The molecule has 0 unspecified atom stereocenters. The van der Waals surface area contributed by atoms with E-state index in [1.54, 1.807) is 36.4 Å². The molecule has 7 nitrogen and oxygen atoms in total. The highest BCUT2D eigenvalue weighted by Crippen LogP contribution is 2.38. The van der Waals surface area contributed by atoms with Crippen LogP contribution >= 0.6 is 0 Å². The second kappa shape index (κ2) is 8.16. The van der Waals surface area contributed by atoms with Gasteiger partial charge in [0.2, 0.25) is 0 Å². The Labute approximate surface area is 177 Å². The molecule has 0 spiro atoms. The number of ketones is 1. The number of hydrogen-bond acceptors (Lipinski definition) is 7. The van der Waals surface area contributed by atoms with Gasteiger partial charge in [-0.1, -0.05) is 12.1 Å². The molecule has 156 valence electrons. The number of ether oxygens (including phenoxy) is 3. The average Bonchev–Trinajstić information content (AvgIpc) is 2.77. The summed E-state index contributed by atoms with van der Waals surface area (Å²) in [5, 5.41) is 28.9. The number of carbonyl (C=O) groups is 1. The van der Waals surface area contributed by atoms with E-state index in [0.29, 0.717) is 34.1 Å². The van der Waals surface area contributed by atoms with Crippen LogP contribution < -0.4 is 14.2 Å². The largest absolute Gasteiger partial charge is 0.508 e. The summed E-state index contributed by atoms with van der Waals surface area (Å²) in [6, 6.07) is 13.8. The molecule has 3 aromatic carbocycles. The smallest absolute Gasteiger partial charge is 0.189 e. The van der Waals surface area contributed by atoms with Crippen molar-refractivity contribution in [1.29, 1.82) is 0 Å². The van der Waals surface area contributed by atoms with Crippen LogP contribution in [-0.2, 0) is 0 Å². The maximum atomic E-state index is 12.3. The molecule has 31 heavy (non-hydrogen) atoms. The molecule has 0 radical (unpaired) electrons. The molecule has 7 heteroatoms. The minimum absolute atomic E-state index is 0.0237. The van der Waals surface area contributed by atoms with Gasteiger partial charge in [0, 0.05) is 11.6 Å². The summed E-state index contributed by atoms with van der Waals surface area (Å²) in [6.07, 6.45) is 4.35. The number of phenols is 3. The van der Waals surface area contributed by atoms with Gasteiger partial charge < -0.3 is 29.5 Å². The molecule has 0 amide bonds. The summed E-state index contributed by atoms with van der Waals surface area (Å²) >= 11 is 0. The van der Waals surface area contributed by atoms with Gasteiger partial charge in [-0.3, -0.25) is 4.79 Å². The molecule has 0 saturated heterocycles. The lowest BCUT2D eigenvalue weighted by atomic mass is 10.1. The number of aromatic hydroxyl groups is 3. The zero-order valence-electron chi connectivity index (χ0n) is 16.4. The average molecular weight is 418 g/mol. The Morgan fingerprint density at radius 3 is 2.55 bits per heavy atom. The number of phenolic OH excluding ortho intramolecular Hbond substituents is 3. The molecule has 4 rings (SSSR count). The van der Waals surface area contributed by atoms with Gasteiger partial charge >= 0.3 is 0 Å². The van der Waals surface area contributed by atoms with Gasteiger partial charge in [0.25, 0.3) is 0 Å². The predicted molar refractivity (Wildman–Crippen MR) is 113 cm³/mol. The van der Waals surface area contributed by atoms with Crippen molar-refractivity contribution in [2.45, 2.75) is 0 Å². The van der Waals surface area contributed by atoms with Crippen LogP contribution in [0.15, 0.2) is 66.9 Å². The van der Waals surface area contributed by atoms with Crippen molar-refractivity contribution in [2.75, 3.05) is 7.11 Å². The SMILES string of the molecule is COc1cc(C2=COc3cc(/C=C/C(=O)c4ccc(O)cc4O)ccc3O2)ccc1O. The molecular weight excluding hydrogens is 400 g/mol. The monoisotopic (exact) mass is 418 g/mol. The number of hydrogen-bond donors (Lipinski definition) is 3. The van der Waals surface area contributed by atoms with E-state index >= 15 is 0 Å². The third-order valence-electron chi connectivity index (χ3n) is 4.62. The van der Waals surface area contributed by atoms with Crippen LogP contribution in [0.2, 0.25) is 0 Å². The van der Waals surface area contributed by atoms with Crippen LogP contribution in [0.25, 0.3) is 11.8 Å². The fourth-order valence-electron chi connectivity index (χ4n) is 3.01. The molecule has 0 atom stereocenters. The first-order chi connectivity index (χ1) is 14.9. The minimum atomic E-state index is -0.407. The van der Waals surface area contributed by atoms with E-state index in [1.807, 2.05) is 0 Å². The molecule has 1 heterocycles. The van der Waals surface area contributed by atoms with E-state index in [1.165, 1.54) is 37.6 Å². The third kappa shape index (κ3) is 4.16. The summed E-state index contributed by atoms with van der Waals surface area (Å²) < 4.78 is 16.7. The fraction of sp³-hybridized carbons (Fsp3) is 0.0417. The van der Waals surface area contributed by atoms with Gasteiger partial charge in [-0.15, -0.1) is 0 Å². The summed E-state index contributed by atoms with van der Waals surface area (Å²) in [5.41, 5.74) is 1.45. The van der Waals surface area contributed by atoms with Crippen LogP contribution in [0.3, 0.4) is 0 Å². The first kappa shape index (κ1) is 19.9. The molecule has 1 aliphatic heterocycles. The third-order valence-corrected chi connectivity index (χ3v) is 4.62. The van der Waals surface area contributed by atoms with Crippen molar-refractivity contribution in [2.24, 2.45) is 0 Å². The van der Waals surface area contributed by atoms with Crippen molar-refractivity contribution in [3.8, 4) is 34.5 Å². The van der Waals surface area contributed by atoms with Gasteiger partial charge in [-0.2, -0.15) is 0 Å². The van der Waals surface area contributed by atoms with Crippen molar-refractivity contribution in [3.63, 3.8) is 0 Å². The Kier molecular flexibility index (Phi) is 5.24. The van der Waals surface area contributed by atoms with Gasteiger partial charge in [-0.05, 0) is 54.1 Å². The summed E-state index contributed by atoms with van der Waals surface area (Å²) in [7, 11) is 1.46. The van der Waals surface area contributed by atoms with E-state index in [0.717, 1.165) is 6.07 Å². The zero-order valence-corrected chi connectivity index (χ0v) is 16.4. The second-order valence-electron chi connectivity index (χ2n) is 6.69. The molecule has 3 aromatic rings. The van der Waals surface area contributed by atoms with E-state index in [-0.39, 0.29) is 22.8 Å². The maximum absolute atomic E-state index is 12.3. The van der Waals surface area contributed by atoms with E-state index in [9.17, 15) is 20.1 Å². The van der Waals surface area contributed by atoms with Crippen LogP contribution in [0.4, 0.5) is 0 Å². The lowest BCUT2D eigenvalue weighted by Gasteiger charge is -2.19. The summed E-state index contributed by atoms with van der Waals surface area (Å²) in [4.78, 5) is 12.3. The molecular formula is C24H18O7. The number of rotatable bonds is 5. The second-order valence-corrected chi connectivity index (χ2v) is 6.69. The van der Waals surface area contributed by atoms with E-state index < -0.39 is 5.78 Å². The molecule has 0 saturated carbocycles. The number of allylic oxidation sites excluding steroid dienone is 1. The van der Waals surface area contributed by atoms with Crippen LogP contribution in [-0.4, -0.2) is 28.2 Å². The standard InChI is InChI=1S/C24H18O7/c1-29-22-11-15(4-8-19(22)27)24-13-30-23-10-14(3-9-21(23)31-24)2-7-18(26)17-6-5-16(25)12-20(17)28/h2-13,25,27-28H,1H3/b7-2+. The lowest BCUT2D eigenvalue weighted by molar-refractivity contribution is 0.104. The van der Waals surface area contributed by atoms with Gasteiger partial charge in [0.15, 0.2) is 34.5 Å². The quantitative estimate of drug-likeness (QED) is 0.414. The lowest BCUT2D eigenvalue weighted by Crippen LogP contribution is -2.04. The molecule has 0 aliphatic carbocycles. The Morgan fingerprint density at radius 1 is 0.935 bits per heavy atom. The van der Waals surface area contributed by atoms with Gasteiger partial charge in [0.1, 0.15) is 17.8 Å². The first-order valence-corrected chi connectivity index (χ1v) is 9.25. The Bertz CT molecular complexity index is 1220. The van der Waals surface area contributed by atoms with Gasteiger partial charge in [-0.25, -0.2) is 0 Å². The van der Waals surface area contributed by atoms with Crippen LogP contribution in [0, 0.1) is 0 Å². The molecule has 0 fully saturated rings. The Morgan fingerprint density at radius 2 is 1.77 bits per heavy atom. The van der Waals surface area contributed by atoms with Crippen molar-refractivity contribution < 1.29 is 34.3 Å². The summed E-state index contributed by atoms with van der Waals surface area (Å²) in [6.45, 7) is 0. The van der Waals surface area contributed by atoms with Crippen molar-refractivity contribution >= 4 is 17.6 Å². The number of fused-ring (bicyclic) bond motifs is 1. The highest BCUT2D eigenvalue weighted by Gasteiger charge is 2.17. The number of benzene rings is 3. The number of methoxy groups -OCH3 is 1. The van der Waals surface area contributed by atoms with Crippen LogP contribution in [0.1, 0.15) is 21.5 Å². The van der Waals surface area contributed by atoms with Crippen molar-refractivity contribution in [1.82, 2.24) is 0 Å². The Hall–Kier alpha value is -4.39. The van der Waals surface area contributed by atoms with E-state index in [2.05, 4.69) is 0 Å². The topological polar surface area (TPSA) is 105 Å². The minimum Gasteiger partial charge on any atom is -0.508 e. The van der Waals surface area contributed by atoms with E-state index in [4.69, 9.17) is 14.2 Å². The zero-order chi connectivity index (χ0) is 22.0. The normalized spacial score (nSPS) is 12.5. The molecule has 0 aromatic heterocycles. The van der Waals surface area contributed by atoms with Crippen LogP contribution in [0.5, 0.6) is 34.5 Å². The summed E-state index contributed by atoms with van der Waals surface area (Å²) in [5.74, 6) is 0.931. The molecule has 3 N–H and O–H groups in total. The maximum Gasteiger partial charge on any atom is 0.189 e.